The lowest BCUT2D eigenvalue weighted by atomic mass is 10.1. The number of nitrogens with one attached hydrogen (secondary N) is 1. The van der Waals surface area contributed by atoms with Gasteiger partial charge in [-0.3, -0.25) is 4.79 Å². The first-order chi connectivity index (χ1) is 11.5. The molecule has 1 aliphatic rings. The molecule has 24 heavy (non-hydrogen) atoms. The van der Waals surface area contributed by atoms with Crippen molar-refractivity contribution < 1.29 is 23.8 Å². The van der Waals surface area contributed by atoms with Gasteiger partial charge in [0.05, 0.1) is 28.6 Å². The lowest BCUT2D eigenvalue weighted by Crippen LogP contribution is -2.13. The molecule has 0 spiro atoms. The molecular weight excluding hydrogens is 335 g/mol. The first kappa shape index (κ1) is 16.5. The molecule has 2 heterocycles. The second kappa shape index (κ2) is 6.66. The summed E-state index contributed by atoms with van der Waals surface area (Å²) in [6.07, 6.45) is 0.864. The number of nitrogens with zero attached hydrogens (tertiary/aromatic N) is 1. The Labute approximate surface area is 141 Å². The first-order valence-corrected chi connectivity index (χ1v) is 8.16. The lowest BCUT2D eigenvalue weighted by molar-refractivity contribution is 0.0696. The molecule has 1 unspecified atom stereocenters. The van der Waals surface area contributed by atoms with Crippen molar-refractivity contribution in [2.24, 2.45) is 0 Å². The number of aromatic nitrogens is 1. The van der Waals surface area contributed by atoms with Crippen LogP contribution in [0.3, 0.4) is 0 Å². The number of rotatable bonds is 4. The van der Waals surface area contributed by atoms with Gasteiger partial charge in [0.15, 0.2) is 0 Å². The Bertz CT molecular complexity index is 799. The number of thiazole rings is 1. The molecule has 0 bridgehead atoms. The van der Waals surface area contributed by atoms with Gasteiger partial charge in [-0.1, -0.05) is 0 Å². The van der Waals surface area contributed by atoms with Gasteiger partial charge in [0, 0.05) is 12.5 Å². The molecule has 3 rings (SSSR count). The highest BCUT2D eigenvalue weighted by Gasteiger charge is 2.24. The van der Waals surface area contributed by atoms with Crippen LogP contribution < -0.4 is 5.32 Å². The Morgan fingerprint density at radius 1 is 1.46 bits per heavy atom. The second-order valence-electron chi connectivity index (χ2n) is 5.48. The zero-order valence-corrected chi connectivity index (χ0v) is 13.7. The maximum atomic E-state index is 13.8. The molecule has 0 radical (unpaired) electrons. The molecule has 1 aromatic heterocycles. The zero-order chi connectivity index (χ0) is 17.3. The van der Waals surface area contributed by atoms with E-state index in [4.69, 9.17) is 9.84 Å². The van der Waals surface area contributed by atoms with Gasteiger partial charge < -0.3 is 15.2 Å². The topological polar surface area (TPSA) is 88.5 Å². The van der Waals surface area contributed by atoms with E-state index in [9.17, 15) is 14.0 Å². The van der Waals surface area contributed by atoms with Gasteiger partial charge in [0.2, 0.25) is 0 Å². The van der Waals surface area contributed by atoms with Crippen molar-refractivity contribution >= 4 is 28.9 Å². The van der Waals surface area contributed by atoms with Gasteiger partial charge in [0.1, 0.15) is 10.7 Å². The largest absolute Gasteiger partial charge is 0.478 e. The summed E-state index contributed by atoms with van der Waals surface area (Å²) in [5.74, 6) is -2.21. The Morgan fingerprint density at radius 2 is 2.25 bits per heavy atom. The smallest absolute Gasteiger partial charge is 0.335 e. The third-order valence-electron chi connectivity index (χ3n) is 3.76. The van der Waals surface area contributed by atoms with Crippen LogP contribution >= 0.6 is 11.3 Å². The quantitative estimate of drug-likeness (QED) is 0.885. The predicted molar refractivity (Wildman–Crippen MR) is 86.3 cm³/mol. The molecule has 0 saturated carbocycles. The van der Waals surface area contributed by atoms with Crippen molar-refractivity contribution in [1.29, 1.82) is 0 Å². The summed E-state index contributed by atoms with van der Waals surface area (Å²) in [7, 11) is 0. The summed E-state index contributed by atoms with van der Waals surface area (Å²) in [5, 5.41) is 12.2. The molecule has 1 saturated heterocycles. The Kier molecular flexibility index (Phi) is 4.59. The molecule has 2 N–H and O–H groups in total. The highest BCUT2D eigenvalue weighted by Crippen LogP contribution is 2.31. The van der Waals surface area contributed by atoms with Crippen molar-refractivity contribution in [2.75, 3.05) is 18.5 Å². The highest BCUT2D eigenvalue weighted by atomic mass is 32.1. The van der Waals surface area contributed by atoms with Crippen molar-refractivity contribution in [2.45, 2.75) is 19.3 Å². The SMILES string of the molecule is Cc1nc(C2CCOC2)sc1C(=O)Nc1cc(C(=O)O)ccc1F. The third-order valence-corrected chi connectivity index (χ3v) is 5.08. The van der Waals surface area contributed by atoms with Gasteiger partial charge in [-0.05, 0) is 31.5 Å². The Morgan fingerprint density at radius 3 is 2.92 bits per heavy atom. The highest BCUT2D eigenvalue weighted by molar-refractivity contribution is 7.14. The summed E-state index contributed by atoms with van der Waals surface area (Å²) in [6, 6.07) is 3.25. The van der Waals surface area contributed by atoms with Crippen LogP contribution in [0.2, 0.25) is 0 Å². The average Bonchev–Trinajstić information content (AvgIpc) is 3.18. The van der Waals surface area contributed by atoms with Gasteiger partial charge in [-0.15, -0.1) is 11.3 Å². The predicted octanol–water partition coefficient (Wildman–Crippen LogP) is 3.05. The number of carboxylic acid groups (broad SMARTS) is 1. The number of ether oxygens (including phenoxy) is 1. The number of benzene rings is 1. The van der Waals surface area contributed by atoms with E-state index >= 15 is 0 Å². The number of anilines is 1. The Hall–Kier alpha value is -2.32. The van der Waals surface area contributed by atoms with Crippen LogP contribution in [-0.2, 0) is 4.74 Å². The van der Waals surface area contributed by atoms with E-state index < -0.39 is 17.7 Å². The van der Waals surface area contributed by atoms with Crippen LogP contribution in [0.4, 0.5) is 10.1 Å². The van der Waals surface area contributed by atoms with Crippen molar-refractivity contribution in [3.05, 3.63) is 45.2 Å². The van der Waals surface area contributed by atoms with Gasteiger partial charge in [-0.25, -0.2) is 14.2 Å². The van der Waals surface area contributed by atoms with E-state index in [1.54, 1.807) is 6.92 Å². The minimum Gasteiger partial charge on any atom is -0.478 e. The zero-order valence-electron chi connectivity index (χ0n) is 12.8. The monoisotopic (exact) mass is 350 g/mol. The molecule has 126 valence electrons. The van der Waals surface area contributed by atoms with E-state index in [-0.39, 0.29) is 17.2 Å². The number of carboxylic acids is 1. The van der Waals surface area contributed by atoms with E-state index in [1.165, 1.54) is 11.3 Å². The molecule has 1 aromatic carbocycles. The minimum absolute atomic E-state index is 0.100. The first-order valence-electron chi connectivity index (χ1n) is 7.35. The summed E-state index contributed by atoms with van der Waals surface area (Å²) in [5.41, 5.74) is 0.296. The number of halogens is 1. The van der Waals surface area contributed by atoms with Gasteiger partial charge in [-0.2, -0.15) is 0 Å². The van der Waals surface area contributed by atoms with Gasteiger partial charge >= 0.3 is 5.97 Å². The van der Waals surface area contributed by atoms with Gasteiger partial charge in [0.25, 0.3) is 5.91 Å². The fraction of sp³-hybridized carbons (Fsp3) is 0.312. The van der Waals surface area contributed by atoms with E-state index in [1.807, 2.05) is 0 Å². The van der Waals surface area contributed by atoms with Crippen LogP contribution in [0.25, 0.3) is 0 Å². The van der Waals surface area contributed by atoms with Crippen LogP contribution in [0, 0.1) is 12.7 Å². The molecule has 1 amide bonds. The van der Waals surface area contributed by atoms with Crippen LogP contribution in [-0.4, -0.2) is 35.2 Å². The average molecular weight is 350 g/mol. The third kappa shape index (κ3) is 3.29. The number of aryl methyl sites for hydroxylation is 1. The number of hydrogen-bond donors (Lipinski definition) is 2. The maximum Gasteiger partial charge on any atom is 0.335 e. The number of aromatic carboxylic acids is 1. The van der Waals surface area contributed by atoms with Crippen molar-refractivity contribution in [3.8, 4) is 0 Å². The van der Waals surface area contributed by atoms with Crippen LogP contribution in [0.5, 0.6) is 0 Å². The Balaban J connectivity index is 1.82. The maximum absolute atomic E-state index is 13.8. The fourth-order valence-electron chi connectivity index (χ4n) is 2.47. The summed E-state index contributed by atoms with van der Waals surface area (Å²) < 4.78 is 19.2. The van der Waals surface area contributed by atoms with Crippen LogP contribution in [0.1, 0.15) is 43.1 Å². The van der Waals surface area contributed by atoms with E-state index in [0.29, 0.717) is 23.8 Å². The van der Waals surface area contributed by atoms with Crippen LogP contribution in [0.15, 0.2) is 18.2 Å². The lowest BCUT2D eigenvalue weighted by Gasteiger charge is -2.06. The molecule has 8 heteroatoms. The normalized spacial score (nSPS) is 17.0. The number of amides is 1. The molecule has 1 fully saturated rings. The van der Waals surface area contributed by atoms with E-state index in [0.717, 1.165) is 29.6 Å². The molecule has 1 atom stereocenters. The second-order valence-corrected chi connectivity index (χ2v) is 6.51. The molecule has 1 aliphatic heterocycles. The molecule has 2 aromatic rings. The summed E-state index contributed by atoms with van der Waals surface area (Å²) in [6.45, 7) is 2.98. The number of hydrogen-bond acceptors (Lipinski definition) is 5. The van der Waals surface area contributed by atoms with E-state index in [2.05, 4.69) is 10.3 Å². The fourth-order valence-corrected chi connectivity index (χ4v) is 3.55. The number of carbonyl (C=O) groups is 2. The molecule has 6 nitrogen and oxygen atoms in total. The molecule has 0 aliphatic carbocycles. The summed E-state index contributed by atoms with van der Waals surface area (Å²) in [4.78, 5) is 28.2. The standard InChI is InChI=1S/C16H15FN2O4S/c1-8-13(24-15(18-8)10-4-5-23-7-10)14(20)19-12-6-9(16(21)22)2-3-11(12)17/h2-3,6,10H,4-5,7H2,1H3,(H,19,20)(H,21,22). The number of carbonyl (C=O) groups excluding carboxylic acids is 1. The van der Waals surface area contributed by atoms with Crippen molar-refractivity contribution in [3.63, 3.8) is 0 Å². The molecular formula is C16H15FN2O4S. The summed E-state index contributed by atoms with van der Waals surface area (Å²) >= 11 is 1.26. The van der Waals surface area contributed by atoms with Crippen molar-refractivity contribution in [1.82, 2.24) is 4.98 Å². The minimum atomic E-state index is -1.19.